The van der Waals surface area contributed by atoms with Gasteiger partial charge in [-0.25, -0.2) is 14.6 Å². The van der Waals surface area contributed by atoms with Crippen LogP contribution in [0.3, 0.4) is 0 Å². The zero-order valence-electron chi connectivity index (χ0n) is 34.4. The van der Waals surface area contributed by atoms with E-state index in [9.17, 15) is 19.5 Å². The zero-order chi connectivity index (χ0) is 40.9. The van der Waals surface area contributed by atoms with Gasteiger partial charge in [-0.15, -0.1) is 0 Å². The number of nitrogens with one attached hydrogen (secondary N) is 1. The lowest BCUT2D eigenvalue weighted by Crippen LogP contribution is -2.54. The number of aliphatic hydroxyl groups excluding tert-OH is 1. The second kappa shape index (κ2) is 15.0. The first-order valence-electron chi connectivity index (χ1n) is 22.8. The van der Waals surface area contributed by atoms with Gasteiger partial charge < -0.3 is 19.9 Å². The summed E-state index contributed by atoms with van der Waals surface area (Å²) >= 11 is 0. The SMILES string of the molecule is CCC1(C2=C3OC(=O)C4=C3[C@@H](CC2)C[C@H]2[C@@H]3CC[C@@]5(C6=C3[C@H](CN3C(=O)C=CC3=O)c3ccnc(c3)NCSS[C@H](O)[C@H](C3CCCCC3)C/C=C/5OC6=O)[C@@H]42)CCCC1. The number of nitrogens with zero attached hydrogens (tertiary/aromatic N) is 2. The molecule has 0 aromatic carbocycles. The number of fused-ring (bicyclic) bond motifs is 3. The smallest absolute Gasteiger partial charge is 0.340 e. The second-order valence-corrected chi connectivity index (χ2v) is 21.7. The van der Waals surface area contributed by atoms with Gasteiger partial charge in [-0.3, -0.25) is 14.5 Å². The lowest BCUT2D eigenvalue weighted by molar-refractivity contribution is -0.137. The fourth-order valence-corrected chi connectivity index (χ4v) is 16.4. The first kappa shape index (κ1) is 39.3. The van der Waals surface area contributed by atoms with Gasteiger partial charge in [0.05, 0.1) is 16.9 Å². The largest absolute Gasteiger partial charge is 0.427 e. The normalized spacial score (nSPS) is 36.9. The van der Waals surface area contributed by atoms with Gasteiger partial charge in [0, 0.05) is 53.8 Å². The highest BCUT2D eigenvalue weighted by Gasteiger charge is 2.70. The van der Waals surface area contributed by atoms with Gasteiger partial charge in [0.25, 0.3) is 11.8 Å². The van der Waals surface area contributed by atoms with Crippen LogP contribution in [0.25, 0.3) is 0 Å². The van der Waals surface area contributed by atoms with Crippen LogP contribution >= 0.6 is 21.6 Å². The molecule has 4 aliphatic heterocycles. The van der Waals surface area contributed by atoms with Crippen molar-refractivity contribution in [1.82, 2.24) is 9.88 Å². The molecule has 1 aromatic heterocycles. The summed E-state index contributed by atoms with van der Waals surface area (Å²) in [6, 6.07) is 3.93. The van der Waals surface area contributed by atoms with Gasteiger partial charge in [0.15, 0.2) is 0 Å². The van der Waals surface area contributed by atoms with E-state index in [1.807, 2.05) is 12.1 Å². The van der Waals surface area contributed by atoms with E-state index in [0.717, 1.165) is 98.7 Å². The number of allylic oxidation sites excluding steroid dienone is 4. The Balaban J connectivity index is 1.13. The van der Waals surface area contributed by atoms with Gasteiger partial charge in [0.1, 0.15) is 22.8 Å². The van der Waals surface area contributed by atoms with Gasteiger partial charge in [-0.2, -0.15) is 0 Å². The van der Waals surface area contributed by atoms with Crippen LogP contribution in [0.1, 0.15) is 121 Å². The van der Waals surface area contributed by atoms with E-state index >= 15 is 4.79 Å². The highest BCUT2D eigenvalue weighted by molar-refractivity contribution is 8.76. The fourth-order valence-electron chi connectivity index (χ4n) is 14.3. The van der Waals surface area contributed by atoms with E-state index in [1.54, 1.807) is 17.0 Å². The van der Waals surface area contributed by atoms with Crippen LogP contribution in [0.5, 0.6) is 0 Å². The number of rotatable bonds is 5. The molecule has 2 N–H and O–H groups in total. The monoisotopic (exact) mass is 849 g/mol. The first-order valence-corrected chi connectivity index (χ1v) is 25.2. The third-order valence-corrected chi connectivity index (χ3v) is 19.2. The topological polar surface area (TPSA) is 135 Å². The second-order valence-electron chi connectivity index (χ2n) is 19.3. The molecule has 12 heteroatoms. The standard InChI is InChI=1S/C48H55N3O7S2/c1-2-47(18-6-7-19-47)33-12-10-28-22-31-30-16-20-48(41(31)40-38(28)43(33)58-44(40)54)34-13-11-29(26-8-4-3-5-9-26)46(56)60-59-25-50-35-23-27(17-21-49-35)32(39(30)42(48)45(55)57-34)24-51-36(52)14-15-37(51)53/h13-15,17,21,23,26,28-32,41,46,56H,2-12,16,18-20,22,24-25H2,1H3,(H,49,50)/b34-13-/t28-,29-,30-,31-,32+,41+,46-,48-/m0/s1. The first-order chi connectivity index (χ1) is 29.2. The fraction of sp³-hybridized carbons (Fsp3) is 0.604. The van der Waals surface area contributed by atoms with Crippen LogP contribution in [-0.2, 0) is 28.7 Å². The van der Waals surface area contributed by atoms with Crippen molar-refractivity contribution in [3.63, 3.8) is 0 Å². The number of pyridine rings is 1. The van der Waals surface area contributed by atoms with Crippen molar-refractivity contribution in [3.8, 4) is 0 Å². The molecule has 1 aromatic rings. The van der Waals surface area contributed by atoms with Crippen LogP contribution in [-0.4, -0.2) is 56.6 Å². The van der Waals surface area contributed by atoms with Gasteiger partial charge >= 0.3 is 11.9 Å². The summed E-state index contributed by atoms with van der Waals surface area (Å²) in [7, 11) is 3.04. The zero-order valence-corrected chi connectivity index (χ0v) is 36.1. The minimum absolute atomic E-state index is 0.0230. The molecule has 12 rings (SSSR count). The molecule has 60 heavy (non-hydrogen) atoms. The van der Waals surface area contributed by atoms with Gasteiger partial charge in [-0.1, -0.05) is 73.5 Å². The number of amides is 2. The summed E-state index contributed by atoms with van der Waals surface area (Å²) in [5.74, 6) is 0.875. The predicted octanol–water partition coefficient (Wildman–Crippen LogP) is 9.03. The lowest BCUT2D eigenvalue weighted by atomic mass is 9.42. The highest BCUT2D eigenvalue weighted by atomic mass is 33.1. The van der Waals surface area contributed by atoms with Crippen molar-refractivity contribution in [2.45, 2.75) is 121 Å². The van der Waals surface area contributed by atoms with Crippen LogP contribution in [0.15, 0.2) is 75.9 Å². The maximum Gasteiger partial charge on any atom is 0.340 e. The highest BCUT2D eigenvalue weighted by Crippen LogP contribution is 2.73. The molecule has 1 spiro atoms. The van der Waals surface area contributed by atoms with Crippen LogP contribution < -0.4 is 5.32 Å². The lowest BCUT2D eigenvalue weighted by Gasteiger charge is -2.58. The van der Waals surface area contributed by atoms with Crippen LogP contribution in [0.4, 0.5) is 5.82 Å². The van der Waals surface area contributed by atoms with Crippen LogP contribution in [0.2, 0.25) is 0 Å². The van der Waals surface area contributed by atoms with Crippen molar-refractivity contribution >= 4 is 51.2 Å². The average Bonchev–Trinajstić information content (AvgIpc) is 4.04. The Morgan fingerprint density at radius 2 is 1.73 bits per heavy atom. The Hall–Kier alpha value is -3.61. The summed E-state index contributed by atoms with van der Waals surface area (Å²) in [6.45, 7) is 2.37. The number of ether oxygens (including phenoxy) is 2. The molecule has 7 bridgehead atoms. The molecule has 11 aliphatic rings. The minimum Gasteiger partial charge on any atom is -0.427 e. The van der Waals surface area contributed by atoms with Gasteiger partial charge in [0.2, 0.25) is 0 Å². The summed E-state index contributed by atoms with van der Waals surface area (Å²) in [4.78, 5) is 62.4. The van der Waals surface area contributed by atoms with E-state index in [-0.39, 0.29) is 59.3 Å². The molecule has 4 fully saturated rings. The number of carbonyl (C=O) groups excluding carboxylic acids is 4. The van der Waals surface area contributed by atoms with Crippen molar-refractivity contribution in [2.75, 3.05) is 17.7 Å². The van der Waals surface area contributed by atoms with E-state index in [4.69, 9.17) is 9.47 Å². The number of hydrogen-bond acceptors (Lipinski definition) is 11. The van der Waals surface area contributed by atoms with Crippen molar-refractivity contribution in [1.29, 1.82) is 0 Å². The maximum absolute atomic E-state index is 15.0. The summed E-state index contributed by atoms with van der Waals surface area (Å²) in [6.07, 6.45) is 22.6. The molecule has 316 valence electrons. The molecule has 8 atom stereocenters. The van der Waals surface area contributed by atoms with Crippen molar-refractivity contribution in [2.24, 2.45) is 46.3 Å². The molecule has 2 amide bonds. The molecule has 10 nitrogen and oxygen atoms in total. The molecule has 0 unspecified atom stereocenters. The van der Waals surface area contributed by atoms with Crippen molar-refractivity contribution < 1.29 is 33.8 Å². The molecule has 5 heterocycles. The van der Waals surface area contributed by atoms with E-state index in [1.165, 1.54) is 52.7 Å². The quantitative estimate of drug-likeness (QED) is 0.167. The summed E-state index contributed by atoms with van der Waals surface area (Å²) < 4.78 is 13.2. The number of imide groups is 1. The number of aliphatic hydroxyl groups is 1. The summed E-state index contributed by atoms with van der Waals surface area (Å²) in [5.41, 5.74) is 4.14. The van der Waals surface area contributed by atoms with Crippen molar-refractivity contribution in [3.05, 3.63) is 81.5 Å². The number of hydrogen-bond donors (Lipinski definition) is 2. The van der Waals surface area contributed by atoms with Gasteiger partial charge in [-0.05, 0) is 122 Å². The molecular weight excluding hydrogens is 795 g/mol. The average molecular weight is 850 g/mol. The Kier molecular flexibility index (Phi) is 9.84. The van der Waals surface area contributed by atoms with Crippen LogP contribution in [0, 0.1) is 46.3 Å². The van der Waals surface area contributed by atoms with E-state index in [2.05, 4.69) is 23.3 Å². The number of carbonyl (C=O) groups is 4. The predicted molar refractivity (Wildman–Crippen MR) is 229 cm³/mol. The Morgan fingerprint density at radius 3 is 2.52 bits per heavy atom. The summed E-state index contributed by atoms with van der Waals surface area (Å²) in [5, 5.41) is 15.4. The number of anilines is 1. The Labute approximate surface area is 359 Å². The molecule has 7 aliphatic carbocycles. The van der Waals surface area contributed by atoms with E-state index < -0.39 is 22.7 Å². The molecular formula is C48H55N3O7S2. The minimum atomic E-state index is -0.925. The third-order valence-electron chi connectivity index (χ3n) is 16.9. The molecule has 0 radical (unpaired) electrons. The molecule has 3 saturated carbocycles. The van der Waals surface area contributed by atoms with E-state index in [0.29, 0.717) is 41.8 Å². The number of esters is 2. The Morgan fingerprint density at radius 1 is 0.933 bits per heavy atom. The maximum atomic E-state index is 15.0. The molecule has 1 saturated heterocycles. The number of aromatic nitrogens is 1. The third kappa shape index (κ3) is 5.88. The Bertz CT molecular complexity index is 2200.